The fraction of sp³-hybridized carbons (Fsp3) is 0.375. The molecule has 0 spiro atoms. The van der Waals surface area contributed by atoms with Crippen LogP contribution in [0.5, 0.6) is 0 Å². The minimum absolute atomic E-state index is 0.600. The van der Waals surface area contributed by atoms with Crippen LogP contribution in [0.2, 0.25) is 0 Å². The van der Waals surface area contributed by atoms with Crippen molar-refractivity contribution in [2.45, 2.75) is 39.0 Å². The zero-order chi connectivity index (χ0) is 14.1. The Balaban J connectivity index is 1.90. The summed E-state index contributed by atoms with van der Waals surface area (Å²) in [6, 6.07) is 8.52. The third kappa shape index (κ3) is 2.96. The van der Waals surface area contributed by atoms with Crippen LogP contribution in [0.15, 0.2) is 24.3 Å². The summed E-state index contributed by atoms with van der Waals surface area (Å²) in [6.07, 6.45) is 3.20. The van der Waals surface area contributed by atoms with Gasteiger partial charge in [-0.2, -0.15) is 0 Å². The van der Waals surface area contributed by atoms with Crippen LogP contribution in [0.25, 0.3) is 0 Å². The average molecular weight is 268 g/mol. The Bertz CT molecular complexity index is 612. The molecule has 1 aromatic heterocycles. The van der Waals surface area contributed by atoms with Gasteiger partial charge in [0.05, 0.1) is 0 Å². The first-order valence-electron chi connectivity index (χ1n) is 7.05. The Morgan fingerprint density at radius 2 is 1.80 bits per heavy atom. The lowest BCUT2D eigenvalue weighted by Gasteiger charge is -2.08. The van der Waals surface area contributed by atoms with E-state index in [4.69, 9.17) is 10.8 Å². The van der Waals surface area contributed by atoms with Gasteiger partial charge in [0, 0.05) is 24.1 Å². The molecule has 0 bridgehead atoms. The highest BCUT2D eigenvalue weighted by Crippen LogP contribution is 2.39. The summed E-state index contributed by atoms with van der Waals surface area (Å²) in [6.45, 7) is 4.23. The number of benzene rings is 1. The van der Waals surface area contributed by atoms with Gasteiger partial charge in [-0.25, -0.2) is 15.8 Å². The van der Waals surface area contributed by atoms with Gasteiger partial charge >= 0.3 is 0 Å². The highest BCUT2D eigenvalue weighted by atomic mass is 15.3. The maximum Gasteiger partial charge on any atom is 0.143 e. The Kier molecular flexibility index (Phi) is 3.40. The fourth-order valence-electron chi connectivity index (χ4n) is 2.61. The van der Waals surface area contributed by atoms with Crippen molar-refractivity contribution >= 4 is 5.82 Å². The fourth-order valence-corrected chi connectivity index (χ4v) is 2.61. The van der Waals surface area contributed by atoms with Crippen molar-refractivity contribution in [1.29, 1.82) is 0 Å². The Labute approximate surface area is 119 Å². The van der Waals surface area contributed by atoms with E-state index in [-0.39, 0.29) is 0 Å². The number of hydrogen-bond donors (Lipinski definition) is 2. The minimum Gasteiger partial charge on any atom is -0.308 e. The molecule has 0 unspecified atom stereocenters. The second-order valence-electron chi connectivity index (χ2n) is 5.69. The molecule has 0 amide bonds. The molecule has 3 rings (SSSR count). The highest BCUT2D eigenvalue weighted by Gasteiger charge is 2.26. The second kappa shape index (κ2) is 5.21. The van der Waals surface area contributed by atoms with Crippen LogP contribution in [0.1, 0.15) is 47.0 Å². The van der Waals surface area contributed by atoms with Crippen molar-refractivity contribution in [3.05, 3.63) is 52.5 Å². The number of hydrogen-bond acceptors (Lipinski definition) is 4. The zero-order valence-electron chi connectivity index (χ0n) is 12.0. The van der Waals surface area contributed by atoms with Gasteiger partial charge in [-0.15, -0.1) is 0 Å². The predicted molar refractivity (Wildman–Crippen MR) is 80.5 cm³/mol. The van der Waals surface area contributed by atoms with E-state index in [1.807, 2.05) is 6.07 Å². The molecule has 1 heterocycles. The average Bonchev–Trinajstić information content (AvgIpc) is 3.21. The molecule has 0 atom stereocenters. The number of anilines is 1. The van der Waals surface area contributed by atoms with Crippen molar-refractivity contribution in [2.75, 3.05) is 5.43 Å². The smallest absolute Gasteiger partial charge is 0.143 e. The summed E-state index contributed by atoms with van der Waals surface area (Å²) in [4.78, 5) is 9.16. The van der Waals surface area contributed by atoms with E-state index in [1.165, 1.54) is 29.5 Å². The molecular weight excluding hydrogens is 248 g/mol. The van der Waals surface area contributed by atoms with Gasteiger partial charge in [-0.05, 0) is 32.3 Å². The molecule has 1 aromatic carbocycles. The van der Waals surface area contributed by atoms with Crippen molar-refractivity contribution < 1.29 is 0 Å². The lowest BCUT2D eigenvalue weighted by molar-refractivity contribution is 0.898. The van der Waals surface area contributed by atoms with Crippen LogP contribution in [0.4, 0.5) is 5.82 Å². The van der Waals surface area contributed by atoms with Gasteiger partial charge in [-0.3, -0.25) is 0 Å². The Morgan fingerprint density at radius 3 is 2.40 bits per heavy atom. The molecule has 0 aliphatic heterocycles. The van der Waals surface area contributed by atoms with Crippen LogP contribution in [-0.4, -0.2) is 9.97 Å². The van der Waals surface area contributed by atoms with E-state index in [1.54, 1.807) is 0 Å². The first kappa shape index (κ1) is 13.1. The first-order valence-corrected chi connectivity index (χ1v) is 7.05. The largest absolute Gasteiger partial charge is 0.308 e. The third-order valence-corrected chi connectivity index (χ3v) is 3.58. The highest BCUT2D eigenvalue weighted by molar-refractivity contribution is 5.38. The summed E-state index contributed by atoms with van der Waals surface area (Å²) in [7, 11) is 0. The van der Waals surface area contributed by atoms with Gasteiger partial charge in [0.2, 0.25) is 0 Å². The molecular formula is C16H20N4. The SMILES string of the molecule is Cc1cc(C)cc(Cc2nc(NN)cc(C3CC3)n2)c1. The molecule has 1 saturated carbocycles. The van der Waals surface area contributed by atoms with Gasteiger partial charge in [0.15, 0.2) is 0 Å². The third-order valence-electron chi connectivity index (χ3n) is 3.58. The number of nitrogens with zero attached hydrogens (tertiary/aromatic N) is 2. The monoisotopic (exact) mass is 268 g/mol. The molecule has 0 radical (unpaired) electrons. The number of nitrogen functional groups attached to an aromatic ring is 1. The van der Waals surface area contributed by atoms with Gasteiger partial charge in [-0.1, -0.05) is 29.3 Å². The van der Waals surface area contributed by atoms with Crippen molar-refractivity contribution in [3.63, 3.8) is 0 Å². The number of nitrogens with two attached hydrogens (primary N) is 1. The number of hydrazine groups is 1. The van der Waals surface area contributed by atoms with E-state index in [9.17, 15) is 0 Å². The van der Waals surface area contributed by atoms with E-state index in [2.05, 4.69) is 42.5 Å². The molecule has 20 heavy (non-hydrogen) atoms. The number of rotatable bonds is 4. The molecule has 2 aromatic rings. The van der Waals surface area contributed by atoms with Gasteiger partial charge in [0.25, 0.3) is 0 Å². The van der Waals surface area contributed by atoms with Crippen LogP contribution in [0, 0.1) is 13.8 Å². The summed E-state index contributed by atoms with van der Waals surface area (Å²) < 4.78 is 0. The maximum absolute atomic E-state index is 5.51. The van der Waals surface area contributed by atoms with Crippen molar-refractivity contribution in [3.8, 4) is 0 Å². The predicted octanol–water partition coefficient (Wildman–Crippen LogP) is 2.85. The van der Waals surface area contributed by atoms with Crippen LogP contribution in [-0.2, 0) is 6.42 Å². The zero-order valence-corrected chi connectivity index (χ0v) is 12.0. The molecule has 4 heteroatoms. The number of aromatic nitrogens is 2. The maximum atomic E-state index is 5.51. The summed E-state index contributed by atoms with van der Waals surface area (Å²) in [5, 5.41) is 0. The van der Waals surface area contributed by atoms with Gasteiger partial charge in [0.1, 0.15) is 11.6 Å². The van der Waals surface area contributed by atoms with Crippen molar-refractivity contribution in [2.24, 2.45) is 5.84 Å². The lowest BCUT2D eigenvalue weighted by Crippen LogP contribution is -2.11. The quantitative estimate of drug-likeness (QED) is 0.661. The normalized spacial score (nSPS) is 14.3. The molecule has 1 aliphatic rings. The molecule has 104 valence electrons. The standard InChI is InChI=1S/C16H20N4/c1-10-5-11(2)7-12(6-10)8-15-18-14(13-3-4-13)9-16(19-15)20-17/h5-7,9,13H,3-4,8,17H2,1-2H3,(H,18,19,20). The topological polar surface area (TPSA) is 63.8 Å². The molecule has 4 nitrogen and oxygen atoms in total. The summed E-state index contributed by atoms with van der Waals surface area (Å²) in [5.41, 5.74) is 7.56. The van der Waals surface area contributed by atoms with Crippen LogP contribution < -0.4 is 11.3 Å². The molecule has 3 N–H and O–H groups in total. The Hall–Kier alpha value is -1.94. The summed E-state index contributed by atoms with van der Waals surface area (Å²) in [5.74, 6) is 7.66. The second-order valence-corrected chi connectivity index (χ2v) is 5.69. The van der Waals surface area contributed by atoms with E-state index in [0.717, 1.165) is 17.9 Å². The van der Waals surface area contributed by atoms with E-state index >= 15 is 0 Å². The first-order chi connectivity index (χ1) is 9.64. The molecule has 1 fully saturated rings. The molecule has 0 saturated heterocycles. The minimum atomic E-state index is 0.600. The van der Waals surface area contributed by atoms with Crippen LogP contribution in [0.3, 0.4) is 0 Å². The van der Waals surface area contributed by atoms with Crippen molar-refractivity contribution in [1.82, 2.24) is 9.97 Å². The van der Waals surface area contributed by atoms with Crippen LogP contribution >= 0.6 is 0 Å². The number of nitrogens with one attached hydrogen (secondary N) is 1. The number of aryl methyl sites for hydroxylation is 2. The lowest BCUT2D eigenvalue weighted by atomic mass is 10.0. The van der Waals surface area contributed by atoms with E-state index in [0.29, 0.717) is 11.7 Å². The Morgan fingerprint density at radius 1 is 1.10 bits per heavy atom. The van der Waals surface area contributed by atoms with Gasteiger partial charge < -0.3 is 5.43 Å². The molecule has 1 aliphatic carbocycles. The van der Waals surface area contributed by atoms with E-state index < -0.39 is 0 Å². The summed E-state index contributed by atoms with van der Waals surface area (Å²) >= 11 is 0.